The predicted molar refractivity (Wildman–Crippen MR) is 83.0 cm³/mol. The topological polar surface area (TPSA) is 100 Å². The zero-order valence-corrected chi connectivity index (χ0v) is 13.3. The number of carbonyl (C=O) groups excluding carboxylic acids is 2. The van der Waals surface area contributed by atoms with Gasteiger partial charge in [-0.3, -0.25) is 10.2 Å². The Morgan fingerprint density at radius 3 is 2.65 bits per heavy atom. The van der Waals surface area contributed by atoms with Gasteiger partial charge in [0.1, 0.15) is 11.8 Å². The summed E-state index contributed by atoms with van der Waals surface area (Å²) in [6.07, 6.45) is 1.06. The van der Waals surface area contributed by atoms with E-state index in [-0.39, 0.29) is 18.8 Å². The lowest BCUT2D eigenvalue weighted by atomic mass is 10.1. The Kier molecular flexibility index (Phi) is 7.14. The number of esters is 1. The highest BCUT2D eigenvalue weighted by atomic mass is 16.5. The summed E-state index contributed by atoms with van der Waals surface area (Å²) < 4.78 is 10.0. The third kappa shape index (κ3) is 6.09. The molecule has 0 radical (unpaired) electrons. The second-order valence-electron chi connectivity index (χ2n) is 4.62. The number of nitriles is 1. The van der Waals surface area contributed by atoms with Crippen molar-refractivity contribution >= 4 is 11.9 Å². The number of amides is 1. The molecule has 7 heteroatoms. The van der Waals surface area contributed by atoms with Crippen molar-refractivity contribution in [2.24, 2.45) is 0 Å². The van der Waals surface area contributed by atoms with Gasteiger partial charge in [0, 0.05) is 6.20 Å². The van der Waals surface area contributed by atoms with Crippen LogP contribution < -0.4 is 15.6 Å². The molecule has 0 spiro atoms. The minimum absolute atomic E-state index is 0.161. The van der Waals surface area contributed by atoms with Gasteiger partial charge in [0.05, 0.1) is 6.61 Å². The number of nitrogens with zero attached hydrogens (tertiary/aromatic N) is 1. The van der Waals surface area contributed by atoms with Crippen molar-refractivity contribution < 1.29 is 19.1 Å². The van der Waals surface area contributed by atoms with Crippen LogP contribution in [0, 0.1) is 25.2 Å². The molecule has 1 rings (SSSR count). The average Bonchev–Trinajstić information content (AvgIpc) is 2.53. The van der Waals surface area contributed by atoms with Gasteiger partial charge < -0.3 is 14.9 Å². The van der Waals surface area contributed by atoms with Crippen LogP contribution in [0.5, 0.6) is 5.75 Å². The van der Waals surface area contributed by atoms with Crippen molar-refractivity contribution in [3.05, 3.63) is 41.1 Å². The molecule has 0 aliphatic heterocycles. The maximum absolute atomic E-state index is 11.6. The lowest BCUT2D eigenvalue weighted by Crippen LogP contribution is -2.37. The van der Waals surface area contributed by atoms with Crippen LogP contribution in [0.4, 0.5) is 0 Å². The fourth-order valence-electron chi connectivity index (χ4n) is 1.52. The van der Waals surface area contributed by atoms with Crippen LogP contribution in [0.1, 0.15) is 18.1 Å². The van der Waals surface area contributed by atoms with E-state index in [1.54, 1.807) is 19.1 Å². The largest absolute Gasteiger partial charge is 0.484 e. The third-order valence-electron chi connectivity index (χ3n) is 2.89. The molecule has 0 bridgehead atoms. The van der Waals surface area contributed by atoms with E-state index in [2.05, 4.69) is 15.6 Å². The second-order valence-corrected chi connectivity index (χ2v) is 4.62. The Balaban J connectivity index is 2.43. The molecule has 0 heterocycles. The van der Waals surface area contributed by atoms with Crippen molar-refractivity contribution in [3.63, 3.8) is 0 Å². The monoisotopic (exact) mass is 317 g/mol. The standard InChI is InChI=1S/C16H19N3O4/c1-4-22-16(21)13(8-17)9-18-19-15(20)10-23-14-6-5-11(2)12(3)7-14/h5-7,9,18H,4,10H2,1-3H3,(H,19,20)/b13-9+. The van der Waals surface area contributed by atoms with Gasteiger partial charge in [-0.05, 0) is 44.0 Å². The molecule has 0 aromatic heterocycles. The first-order valence-corrected chi connectivity index (χ1v) is 6.99. The Labute approximate surface area is 134 Å². The van der Waals surface area contributed by atoms with Crippen LogP contribution in [-0.4, -0.2) is 25.1 Å². The molecule has 2 N–H and O–H groups in total. The van der Waals surface area contributed by atoms with Gasteiger partial charge in [-0.1, -0.05) is 6.07 Å². The average molecular weight is 317 g/mol. The number of aryl methyl sites for hydroxylation is 2. The van der Waals surface area contributed by atoms with Crippen LogP contribution >= 0.6 is 0 Å². The number of hydrogen-bond donors (Lipinski definition) is 2. The maximum Gasteiger partial charge on any atom is 0.350 e. The van der Waals surface area contributed by atoms with Crippen LogP contribution in [0.3, 0.4) is 0 Å². The Morgan fingerprint density at radius 1 is 1.30 bits per heavy atom. The number of carbonyl (C=O) groups is 2. The maximum atomic E-state index is 11.6. The first kappa shape index (κ1) is 18.0. The van der Waals surface area contributed by atoms with Gasteiger partial charge in [-0.15, -0.1) is 0 Å². The molecule has 23 heavy (non-hydrogen) atoms. The van der Waals surface area contributed by atoms with Crippen molar-refractivity contribution in [2.45, 2.75) is 20.8 Å². The summed E-state index contributed by atoms with van der Waals surface area (Å²) in [7, 11) is 0. The highest BCUT2D eigenvalue weighted by Gasteiger charge is 2.09. The quantitative estimate of drug-likeness (QED) is 0.340. The summed E-state index contributed by atoms with van der Waals surface area (Å²) >= 11 is 0. The molecular formula is C16H19N3O4. The van der Waals surface area contributed by atoms with E-state index in [9.17, 15) is 9.59 Å². The van der Waals surface area contributed by atoms with Crippen molar-refractivity contribution in [2.75, 3.05) is 13.2 Å². The third-order valence-corrected chi connectivity index (χ3v) is 2.89. The fraction of sp³-hybridized carbons (Fsp3) is 0.312. The van der Waals surface area contributed by atoms with Crippen LogP contribution in [-0.2, 0) is 14.3 Å². The highest BCUT2D eigenvalue weighted by Crippen LogP contribution is 2.16. The van der Waals surface area contributed by atoms with Crippen LogP contribution in [0.15, 0.2) is 30.0 Å². The number of rotatable bonds is 7. The Morgan fingerprint density at radius 2 is 2.04 bits per heavy atom. The normalized spacial score (nSPS) is 10.4. The van der Waals surface area contributed by atoms with Crippen LogP contribution in [0.2, 0.25) is 0 Å². The minimum Gasteiger partial charge on any atom is -0.484 e. The summed E-state index contributed by atoms with van der Waals surface area (Å²) in [5, 5.41) is 8.79. The number of nitrogens with one attached hydrogen (secondary N) is 2. The summed E-state index contributed by atoms with van der Waals surface area (Å²) in [6, 6.07) is 7.19. The first-order valence-electron chi connectivity index (χ1n) is 6.99. The lowest BCUT2D eigenvalue weighted by molar-refractivity contribution is -0.138. The number of hydrogen-bond acceptors (Lipinski definition) is 6. The summed E-state index contributed by atoms with van der Waals surface area (Å²) in [5.74, 6) is -0.633. The van der Waals surface area contributed by atoms with Gasteiger partial charge in [0.15, 0.2) is 12.2 Å². The van der Waals surface area contributed by atoms with Gasteiger partial charge in [0.2, 0.25) is 0 Å². The van der Waals surface area contributed by atoms with Crippen molar-refractivity contribution in [1.29, 1.82) is 5.26 Å². The first-order chi connectivity index (χ1) is 11.0. The second kappa shape index (κ2) is 9.10. The molecule has 0 unspecified atom stereocenters. The molecule has 122 valence electrons. The van der Waals surface area contributed by atoms with E-state index in [1.807, 2.05) is 26.0 Å². The summed E-state index contributed by atoms with van der Waals surface area (Å²) in [4.78, 5) is 22.9. The fourth-order valence-corrected chi connectivity index (χ4v) is 1.52. The lowest BCUT2D eigenvalue weighted by Gasteiger charge is -2.09. The SMILES string of the molecule is CCOC(=O)/C(C#N)=C/NNC(=O)COc1ccc(C)c(C)c1. The van der Waals surface area contributed by atoms with E-state index in [1.165, 1.54) is 0 Å². The zero-order chi connectivity index (χ0) is 17.2. The summed E-state index contributed by atoms with van der Waals surface area (Å²) in [5.41, 5.74) is 6.61. The highest BCUT2D eigenvalue weighted by molar-refractivity contribution is 5.92. The zero-order valence-electron chi connectivity index (χ0n) is 13.3. The molecule has 7 nitrogen and oxygen atoms in total. The van der Waals surface area contributed by atoms with E-state index >= 15 is 0 Å². The van der Waals surface area contributed by atoms with Gasteiger partial charge >= 0.3 is 5.97 Å². The molecule has 1 amide bonds. The van der Waals surface area contributed by atoms with E-state index in [4.69, 9.17) is 10.00 Å². The molecule has 0 saturated heterocycles. The van der Waals surface area contributed by atoms with E-state index < -0.39 is 11.9 Å². The molecule has 1 aromatic rings. The van der Waals surface area contributed by atoms with Gasteiger partial charge in [0.25, 0.3) is 5.91 Å². The smallest absolute Gasteiger partial charge is 0.350 e. The molecule has 0 aliphatic rings. The van der Waals surface area contributed by atoms with E-state index in [0.29, 0.717) is 5.75 Å². The van der Waals surface area contributed by atoms with Crippen LogP contribution in [0.25, 0.3) is 0 Å². The summed E-state index contributed by atoms with van der Waals surface area (Å²) in [6.45, 7) is 5.52. The Bertz CT molecular complexity index is 647. The van der Waals surface area contributed by atoms with Crippen molar-refractivity contribution in [3.8, 4) is 11.8 Å². The Hall–Kier alpha value is -3.01. The minimum atomic E-state index is -0.761. The van der Waals surface area contributed by atoms with Gasteiger partial charge in [-0.2, -0.15) is 5.26 Å². The van der Waals surface area contributed by atoms with E-state index in [0.717, 1.165) is 17.3 Å². The number of ether oxygens (including phenoxy) is 2. The van der Waals surface area contributed by atoms with Gasteiger partial charge in [-0.25, -0.2) is 4.79 Å². The molecule has 0 aliphatic carbocycles. The molecule has 0 fully saturated rings. The molecule has 0 atom stereocenters. The predicted octanol–water partition coefficient (Wildman–Crippen LogP) is 1.27. The number of benzene rings is 1. The molecule has 1 aromatic carbocycles. The molecular weight excluding hydrogens is 298 g/mol. The molecule has 0 saturated carbocycles. The van der Waals surface area contributed by atoms with Crippen molar-refractivity contribution in [1.82, 2.24) is 10.9 Å². The number of hydrazine groups is 1.